The summed E-state index contributed by atoms with van der Waals surface area (Å²) in [5.41, 5.74) is 1.03. The van der Waals surface area contributed by atoms with Gasteiger partial charge in [0.15, 0.2) is 0 Å². The van der Waals surface area contributed by atoms with Crippen LogP contribution in [-0.2, 0) is 9.59 Å². The molecular formula is C29H40N4O2S. The SMILES string of the molecule is CSc1ccccc1C(=N)N1CCN(CC2CCCCC2CN2C(=O)C3C(C2=O)[C@H]2CC[C@@H]3C2)CC1. The number of hydrogen-bond acceptors (Lipinski definition) is 5. The van der Waals surface area contributed by atoms with Crippen molar-refractivity contribution in [2.24, 2.45) is 35.5 Å². The van der Waals surface area contributed by atoms with E-state index < -0.39 is 0 Å². The van der Waals surface area contributed by atoms with Crippen LogP contribution in [0.4, 0.5) is 0 Å². The highest BCUT2D eigenvalue weighted by molar-refractivity contribution is 7.98. The molecule has 36 heavy (non-hydrogen) atoms. The van der Waals surface area contributed by atoms with E-state index in [0.717, 1.165) is 68.9 Å². The largest absolute Gasteiger partial charge is 0.354 e. The molecule has 5 aliphatic rings. The molecule has 4 unspecified atom stereocenters. The summed E-state index contributed by atoms with van der Waals surface area (Å²) in [6.07, 6.45) is 10.3. The Labute approximate surface area is 219 Å². The second-order valence-corrected chi connectivity index (χ2v) is 12.7. The van der Waals surface area contributed by atoms with Crippen LogP contribution >= 0.6 is 11.8 Å². The van der Waals surface area contributed by atoms with Gasteiger partial charge < -0.3 is 4.90 Å². The van der Waals surface area contributed by atoms with E-state index in [1.54, 1.807) is 16.7 Å². The number of amides is 2. The molecular weight excluding hydrogens is 468 g/mol. The normalized spacial score (nSPS) is 34.5. The predicted molar refractivity (Wildman–Crippen MR) is 143 cm³/mol. The minimum atomic E-state index is 0.0120. The lowest BCUT2D eigenvalue weighted by Gasteiger charge is -2.41. The number of nitrogens with zero attached hydrogens (tertiary/aromatic N) is 3. The number of rotatable bonds is 6. The second-order valence-electron chi connectivity index (χ2n) is 11.8. The Hall–Kier alpha value is -1.86. The lowest BCUT2D eigenvalue weighted by molar-refractivity contribution is -0.142. The lowest BCUT2D eigenvalue weighted by atomic mass is 9.78. The molecule has 2 saturated heterocycles. The molecule has 1 aromatic rings. The third-order valence-electron chi connectivity index (χ3n) is 10.0. The average Bonchev–Trinajstić information content (AvgIpc) is 3.60. The van der Waals surface area contributed by atoms with Crippen LogP contribution in [0.1, 0.15) is 50.5 Å². The predicted octanol–water partition coefficient (Wildman–Crippen LogP) is 4.19. The fraction of sp³-hybridized carbons (Fsp3) is 0.690. The Morgan fingerprint density at radius 1 is 0.889 bits per heavy atom. The Morgan fingerprint density at radius 2 is 1.50 bits per heavy atom. The number of imide groups is 1. The summed E-state index contributed by atoms with van der Waals surface area (Å²) in [4.78, 5) is 34.2. The van der Waals surface area contributed by atoms with Crippen LogP contribution in [0.25, 0.3) is 0 Å². The number of nitrogens with one attached hydrogen (secondary N) is 1. The summed E-state index contributed by atoms with van der Waals surface area (Å²) in [7, 11) is 0. The molecule has 2 aliphatic heterocycles. The van der Waals surface area contributed by atoms with Gasteiger partial charge in [0.05, 0.1) is 11.8 Å². The molecule has 3 aliphatic carbocycles. The van der Waals surface area contributed by atoms with Gasteiger partial charge in [-0.1, -0.05) is 31.0 Å². The highest BCUT2D eigenvalue weighted by Gasteiger charge is 2.61. The third kappa shape index (κ3) is 4.30. The molecule has 0 spiro atoms. The van der Waals surface area contributed by atoms with Gasteiger partial charge in [0.1, 0.15) is 5.84 Å². The van der Waals surface area contributed by atoms with Gasteiger partial charge in [-0.3, -0.25) is 24.8 Å². The van der Waals surface area contributed by atoms with E-state index in [9.17, 15) is 9.59 Å². The van der Waals surface area contributed by atoms with Crippen LogP contribution in [0.5, 0.6) is 0 Å². The number of hydrogen-bond donors (Lipinski definition) is 1. The summed E-state index contributed by atoms with van der Waals surface area (Å²) < 4.78 is 0. The second kappa shape index (κ2) is 10.1. The molecule has 2 heterocycles. The summed E-state index contributed by atoms with van der Waals surface area (Å²) in [5.74, 6) is 2.94. The minimum Gasteiger partial charge on any atom is -0.354 e. The monoisotopic (exact) mass is 508 g/mol. The molecule has 7 heteroatoms. The highest BCUT2D eigenvalue weighted by Crippen LogP contribution is 2.56. The van der Waals surface area contributed by atoms with Crippen LogP contribution < -0.4 is 0 Å². The van der Waals surface area contributed by atoms with Gasteiger partial charge in [0.25, 0.3) is 0 Å². The van der Waals surface area contributed by atoms with Gasteiger partial charge in [-0.05, 0) is 68.1 Å². The fourth-order valence-corrected chi connectivity index (χ4v) is 8.75. The zero-order valence-electron chi connectivity index (χ0n) is 21.5. The maximum atomic E-state index is 13.3. The first-order valence-electron chi connectivity index (χ1n) is 14.1. The van der Waals surface area contributed by atoms with E-state index in [0.29, 0.717) is 36.1 Å². The zero-order chi connectivity index (χ0) is 24.8. The van der Waals surface area contributed by atoms with Crippen molar-refractivity contribution in [3.63, 3.8) is 0 Å². The number of piperazine rings is 1. The Bertz CT molecular complexity index is 994. The number of carbonyl (C=O) groups excluding carboxylic acids is 2. The smallest absolute Gasteiger partial charge is 0.233 e. The third-order valence-corrected chi connectivity index (χ3v) is 10.8. The number of thioether (sulfide) groups is 1. The first-order chi connectivity index (χ1) is 17.5. The first-order valence-corrected chi connectivity index (χ1v) is 15.3. The van der Waals surface area contributed by atoms with Crippen molar-refractivity contribution in [1.29, 1.82) is 5.41 Å². The Kier molecular flexibility index (Phi) is 6.89. The highest BCUT2D eigenvalue weighted by atomic mass is 32.2. The van der Waals surface area contributed by atoms with E-state index in [-0.39, 0.29) is 23.7 Å². The van der Waals surface area contributed by atoms with E-state index in [4.69, 9.17) is 5.41 Å². The van der Waals surface area contributed by atoms with Gasteiger partial charge >= 0.3 is 0 Å². The van der Waals surface area contributed by atoms with E-state index >= 15 is 0 Å². The standard InChI is InChI=1S/C29H40N4O2S/c1-36-24-9-5-4-8-23(24)27(30)32-14-12-31(13-15-32)17-21-6-2-3-7-22(21)18-33-28(34)25-19-10-11-20(16-19)26(25)29(33)35/h4-5,8-9,19-22,25-26,30H,2-3,6-7,10-18H2,1H3/t19-,20+,21?,22?,25?,26?. The molecule has 1 aromatic carbocycles. The van der Waals surface area contributed by atoms with Crippen molar-refractivity contribution in [3.8, 4) is 0 Å². The lowest BCUT2D eigenvalue weighted by Crippen LogP contribution is -2.51. The number of fused-ring (bicyclic) bond motifs is 5. The molecule has 1 N–H and O–H groups in total. The molecule has 3 saturated carbocycles. The van der Waals surface area contributed by atoms with Crippen molar-refractivity contribution < 1.29 is 9.59 Å². The quantitative estimate of drug-likeness (QED) is 0.270. The molecule has 0 aromatic heterocycles. The summed E-state index contributed by atoms with van der Waals surface area (Å²) in [6, 6.07) is 8.23. The van der Waals surface area contributed by atoms with Crippen LogP contribution in [0.2, 0.25) is 0 Å². The molecule has 5 fully saturated rings. The van der Waals surface area contributed by atoms with Gasteiger partial charge in [-0.25, -0.2) is 0 Å². The van der Waals surface area contributed by atoms with Crippen LogP contribution in [-0.4, -0.2) is 77.9 Å². The molecule has 6 atom stereocenters. The average molecular weight is 509 g/mol. The van der Waals surface area contributed by atoms with E-state index in [1.165, 1.54) is 19.3 Å². The van der Waals surface area contributed by atoms with Crippen molar-refractivity contribution in [2.75, 3.05) is 45.5 Å². The van der Waals surface area contributed by atoms with Gasteiger partial charge in [-0.2, -0.15) is 0 Å². The van der Waals surface area contributed by atoms with E-state index in [1.807, 2.05) is 12.1 Å². The molecule has 2 bridgehead atoms. The Morgan fingerprint density at radius 3 is 2.14 bits per heavy atom. The number of likely N-dealkylation sites (tertiary alicyclic amines) is 1. The number of amidine groups is 1. The summed E-state index contributed by atoms with van der Waals surface area (Å²) in [6.45, 7) is 5.43. The fourth-order valence-electron chi connectivity index (χ4n) is 8.15. The van der Waals surface area contributed by atoms with Gasteiger partial charge in [0, 0.05) is 49.7 Å². The molecule has 6 nitrogen and oxygen atoms in total. The van der Waals surface area contributed by atoms with E-state index in [2.05, 4.69) is 28.2 Å². The summed E-state index contributed by atoms with van der Waals surface area (Å²) >= 11 is 1.70. The maximum Gasteiger partial charge on any atom is 0.233 e. The van der Waals surface area contributed by atoms with Gasteiger partial charge in [0.2, 0.25) is 11.8 Å². The van der Waals surface area contributed by atoms with Crippen molar-refractivity contribution in [3.05, 3.63) is 29.8 Å². The first kappa shape index (κ1) is 24.5. The summed E-state index contributed by atoms with van der Waals surface area (Å²) in [5, 5.41) is 8.79. The molecule has 194 valence electrons. The molecule has 2 amide bonds. The topological polar surface area (TPSA) is 67.7 Å². The van der Waals surface area contributed by atoms with Crippen molar-refractivity contribution >= 4 is 29.4 Å². The van der Waals surface area contributed by atoms with Crippen molar-refractivity contribution in [2.45, 2.75) is 49.8 Å². The van der Waals surface area contributed by atoms with Crippen LogP contribution in [0.3, 0.4) is 0 Å². The number of benzene rings is 1. The Balaban J connectivity index is 1.05. The van der Waals surface area contributed by atoms with Gasteiger partial charge in [-0.15, -0.1) is 11.8 Å². The minimum absolute atomic E-state index is 0.0120. The van der Waals surface area contributed by atoms with Crippen molar-refractivity contribution in [1.82, 2.24) is 14.7 Å². The van der Waals surface area contributed by atoms with Crippen LogP contribution in [0, 0.1) is 40.9 Å². The van der Waals surface area contributed by atoms with Crippen LogP contribution in [0.15, 0.2) is 29.2 Å². The number of carbonyl (C=O) groups is 2. The molecule has 6 rings (SSSR count). The molecule has 0 radical (unpaired) electrons. The maximum absolute atomic E-state index is 13.3. The zero-order valence-corrected chi connectivity index (χ0v) is 22.3.